The first-order chi connectivity index (χ1) is 7.77. The molecule has 0 bridgehead atoms. The van der Waals surface area contributed by atoms with Gasteiger partial charge in [-0.25, -0.2) is 0 Å². The first-order valence-electron chi connectivity index (χ1n) is 6.93. The smallest absolute Gasteiger partial charge is 0.0760 e. The Hall–Kier alpha value is -0.120. The topological polar surface area (TPSA) is 24.5 Å². The van der Waals surface area contributed by atoms with E-state index in [9.17, 15) is 0 Å². The predicted molar refractivity (Wildman–Crippen MR) is 71.3 cm³/mol. The third kappa shape index (κ3) is 3.43. The Kier molecular flexibility index (Phi) is 3.54. The van der Waals surface area contributed by atoms with Gasteiger partial charge in [0.25, 0.3) is 0 Å². The minimum atomic E-state index is -0.0168. The highest BCUT2D eigenvalue weighted by molar-refractivity contribution is 4.91. The average Bonchev–Trinajstić information content (AvgIpc) is 2.45. The molecule has 0 amide bonds. The van der Waals surface area contributed by atoms with Crippen LogP contribution in [0.3, 0.4) is 0 Å². The van der Waals surface area contributed by atoms with Crippen molar-refractivity contribution in [3.8, 4) is 0 Å². The fourth-order valence-corrected chi connectivity index (χ4v) is 3.57. The summed E-state index contributed by atoms with van der Waals surface area (Å²) in [6.45, 7) is 15.6. The van der Waals surface area contributed by atoms with Crippen molar-refractivity contribution < 1.29 is 4.74 Å². The third-order valence-corrected chi connectivity index (χ3v) is 3.94. The first-order valence-corrected chi connectivity index (χ1v) is 6.93. The van der Waals surface area contributed by atoms with Crippen LogP contribution in [0.1, 0.15) is 41.0 Å². The molecule has 2 aliphatic rings. The molecule has 0 spiro atoms. The number of hydrogen-bond acceptors (Lipinski definition) is 3. The summed E-state index contributed by atoms with van der Waals surface area (Å²) >= 11 is 0. The predicted octanol–water partition coefficient (Wildman–Crippen LogP) is 1.87. The lowest BCUT2D eigenvalue weighted by Gasteiger charge is -2.48. The van der Waals surface area contributed by atoms with E-state index in [0.717, 1.165) is 19.0 Å². The molecular formula is C14H28N2O. The average molecular weight is 240 g/mol. The number of hydrogen-bond donors (Lipinski definition) is 1. The van der Waals surface area contributed by atoms with Crippen molar-refractivity contribution >= 4 is 0 Å². The van der Waals surface area contributed by atoms with Crippen LogP contribution in [0.5, 0.6) is 0 Å². The Labute approximate surface area is 106 Å². The maximum Gasteiger partial charge on any atom is 0.0760 e. The van der Waals surface area contributed by atoms with Gasteiger partial charge in [0.1, 0.15) is 0 Å². The maximum absolute atomic E-state index is 6.13. The standard InChI is InChI=1S/C14H28N2O/c1-11-12(6-7-15-11)8-16-9-13(2,3)17-14(4,5)10-16/h11-12,15H,6-10H2,1-5H3. The number of nitrogens with zero attached hydrogens (tertiary/aromatic N) is 1. The number of morpholine rings is 1. The van der Waals surface area contributed by atoms with Gasteiger partial charge in [0, 0.05) is 25.7 Å². The molecule has 0 radical (unpaired) electrons. The third-order valence-electron chi connectivity index (χ3n) is 3.94. The van der Waals surface area contributed by atoms with Crippen LogP contribution in [0.25, 0.3) is 0 Å². The molecule has 2 rings (SSSR count). The van der Waals surface area contributed by atoms with E-state index < -0.39 is 0 Å². The van der Waals surface area contributed by atoms with E-state index in [-0.39, 0.29) is 11.2 Å². The normalized spacial score (nSPS) is 37.2. The van der Waals surface area contributed by atoms with Gasteiger partial charge in [-0.2, -0.15) is 0 Å². The van der Waals surface area contributed by atoms with Crippen LogP contribution < -0.4 is 5.32 Å². The lowest BCUT2D eigenvalue weighted by Crippen LogP contribution is -2.58. The summed E-state index contributed by atoms with van der Waals surface area (Å²) in [4.78, 5) is 2.59. The Morgan fingerprint density at radius 3 is 2.24 bits per heavy atom. The molecule has 0 aromatic carbocycles. The van der Waals surface area contributed by atoms with E-state index >= 15 is 0 Å². The molecule has 3 heteroatoms. The van der Waals surface area contributed by atoms with E-state index in [1.807, 2.05) is 0 Å². The zero-order chi connectivity index (χ0) is 12.7. The van der Waals surface area contributed by atoms with E-state index in [4.69, 9.17) is 4.74 Å². The first kappa shape index (κ1) is 13.3. The highest BCUT2D eigenvalue weighted by atomic mass is 16.5. The largest absolute Gasteiger partial charge is 0.367 e. The Balaban J connectivity index is 1.96. The lowest BCUT2D eigenvalue weighted by atomic mass is 9.95. The molecule has 2 atom stereocenters. The van der Waals surface area contributed by atoms with Gasteiger partial charge < -0.3 is 10.1 Å². The molecule has 2 unspecified atom stereocenters. The summed E-state index contributed by atoms with van der Waals surface area (Å²) in [5, 5.41) is 3.54. The number of nitrogens with one attached hydrogen (secondary N) is 1. The molecule has 0 saturated carbocycles. The van der Waals surface area contributed by atoms with Crippen molar-refractivity contribution in [3.05, 3.63) is 0 Å². The second-order valence-electron chi connectivity index (χ2n) is 7.08. The van der Waals surface area contributed by atoms with Crippen molar-refractivity contribution in [1.82, 2.24) is 10.2 Å². The van der Waals surface area contributed by atoms with Crippen LogP contribution >= 0.6 is 0 Å². The van der Waals surface area contributed by atoms with Gasteiger partial charge in [-0.3, -0.25) is 4.90 Å². The lowest BCUT2D eigenvalue weighted by molar-refractivity contribution is -0.182. The SMILES string of the molecule is CC1NCCC1CN1CC(C)(C)OC(C)(C)C1. The van der Waals surface area contributed by atoms with E-state index in [2.05, 4.69) is 44.8 Å². The Bertz CT molecular complexity index is 259. The second kappa shape index (κ2) is 4.52. The van der Waals surface area contributed by atoms with Gasteiger partial charge in [0.2, 0.25) is 0 Å². The van der Waals surface area contributed by atoms with Gasteiger partial charge >= 0.3 is 0 Å². The summed E-state index contributed by atoms with van der Waals surface area (Å²) in [6, 6.07) is 0.670. The van der Waals surface area contributed by atoms with Gasteiger partial charge in [0.05, 0.1) is 11.2 Å². The molecule has 1 N–H and O–H groups in total. The zero-order valence-corrected chi connectivity index (χ0v) is 12.0. The molecule has 2 saturated heterocycles. The maximum atomic E-state index is 6.13. The zero-order valence-electron chi connectivity index (χ0n) is 12.0. The van der Waals surface area contributed by atoms with Crippen LogP contribution in [-0.4, -0.2) is 48.3 Å². The van der Waals surface area contributed by atoms with Gasteiger partial charge in [0.15, 0.2) is 0 Å². The molecule has 100 valence electrons. The fourth-order valence-electron chi connectivity index (χ4n) is 3.57. The van der Waals surface area contributed by atoms with Crippen LogP contribution in [0.15, 0.2) is 0 Å². The van der Waals surface area contributed by atoms with E-state index in [1.165, 1.54) is 19.5 Å². The highest BCUT2D eigenvalue weighted by Crippen LogP contribution is 2.29. The molecule has 17 heavy (non-hydrogen) atoms. The monoisotopic (exact) mass is 240 g/mol. The molecule has 2 fully saturated rings. The molecule has 0 aliphatic carbocycles. The fraction of sp³-hybridized carbons (Fsp3) is 1.00. The van der Waals surface area contributed by atoms with Gasteiger partial charge in [-0.1, -0.05) is 0 Å². The highest BCUT2D eigenvalue weighted by Gasteiger charge is 2.39. The minimum absolute atomic E-state index is 0.0168. The minimum Gasteiger partial charge on any atom is -0.367 e. The van der Waals surface area contributed by atoms with Gasteiger partial charge in [-0.05, 0) is 53.5 Å². The van der Waals surface area contributed by atoms with Crippen molar-refractivity contribution in [2.24, 2.45) is 5.92 Å². The van der Waals surface area contributed by atoms with E-state index in [1.54, 1.807) is 0 Å². The van der Waals surface area contributed by atoms with Crippen LogP contribution in [0, 0.1) is 5.92 Å². The van der Waals surface area contributed by atoms with Crippen LogP contribution in [0.2, 0.25) is 0 Å². The summed E-state index contributed by atoms with van der Waals surface area (Å²) in [5.74, 6) is 0.805. The van der Waals surface area contributed by atoms with E-state index in [0.29, 0.717) is 6.04 Å². The molecule has 0 aromatic heterocycles. The molecule has 2 aliphatic heterocycles. The summed E-state index contributed by atoms with van der Waals surface area (Å²) in [6.07, 6.45) is 1.32. The van der Waals surface area contributed by atoms with Crippen molar-refractivity contribution in [3.63, 3.8) is 0 Å². The second-order valence-corrected chi connectivity index (χ2v) is 7.08. The Morgan fingerprint density at radius 2 is 1.76 bits per heavy atom. The number of rotatable bonds is 2. The Morgan fingerprint density at radius 1 is 1.18 bits per heavy atom. The molecule has 3 nitrogen and oxygen atoms in total. The van der Waals surface area contributed by atoms with Crippen molar-refractivity contribution in [2.75, 3.05) is 26.2 Å². The quantitative estimate of drug-likeness (QED) is 0.797. The summed E-state index contributed by atoms with van der Waals surface area (Å²) in [5.41, 5.74) is -0.0337. The van der Waals surface area contributed by atoms with Crippen molar-refractivity contribution in [1.29, 1.82) is 0 Å². The molecule has 2 heterocycles. The van der Waals surface area contributed by atoms with Crippen LogP contribution in [-0.2, 0) is 4.74 Å². The van der Waals surface area contributed by atoms with Crippen LogP contribution in [0.4, 0.5) is 0 Å². The van der Waals surface area contributed by atoms with Crippen molar-refractivity contribution in [2.45, 2.75) is 58.3 Å². The number of ether oxygens (including phenoxy) is 1. The summed E-state index contributed by atoms with van der Waals surface area (Å²) < 4.78 is 6.13. The summed E-state index contributed by atoms with van der Waals surface area (Å²) in [7, 11) is 0. The molecular weight excluding hydrogens is 212 g/mol. The van der Waals surface area contributed by atoms with Gasteiger partial charge in [-0.15, -0.1) is 0 Å². The molecule has 0 aromatic rings.